The van der Waals surface area contributed by atoms with Crippen LogP contribution in [0.4, 0.5) is 0 Å². The molecule has 0 aromatic heterocycles. The number of ether oxygens (including phenoxy) is 1. The number of fused-ring (bicyclic) bond motifs is 5. The molecule has 202 valence electrons. The van der Waals surface area contributed by atoms with Gasteiger partial charge in [0.05, 0.1) is 18.2 Å². The number of aliphatic carboxylic acids is 2. The second kappa shape index (κ2) is 8.35. The predicted octanol–water partition coefficient (Wildman–Crippen LogP) is 3.57. The van der Waals surface area contributed by atoms with E-state index in [4.69, 9.17) is 9.84 Å². The van der Waals surface area contributed by atoms with Crippen molar-refractivity contribution in [3.05, 3.63) is 22.8 Å². The summed E-state index contributed by atoms with van der Waals surface area (Å²) in [6.45, 7) is 8.66. The smallest absolute Gasteiger partial charge is 0.326 e. The Labute approximate surface area is 216 Å². The van der Waals surface area contributed by atoms with Crippen LogP contribution in [-0.2, 0) is 22.6 Å². The van der Waals surface area contributed by atoms with E-state index in [1.165, 1.54) is 11.0 Å². The molecule has 0 radical (unpaired) electrons. The van der Waals surface area contributed by atoms with Gasteiger partial charge in [-0.3, -0.25) is 9.59 Å². The number of nitrogens with zero attached hydrogens (tertiary/aromatic N) is 1. The molecular formula is C28H37NO8. The number of aliphatic hydroxyl groups is 1. The molecule has 0 unspecified atom stereocenters. The molecule has 0 bridgehead atoms. The Morgan fingerprint density at radius 2 is 1.86 bits per heavy atom. The maximum absolute atomic E-state index is 13.3. The maximum atomic E-state index is 13.3. The van der Waals surface area contributed by atoms with Crippen LogP contribution >= 0.6 is 0 Å². The molecule has 1 spiro atoms. The Kier molecular flexibility index (Phi) is 5.83. The summed E-state index contributed by atoms with van der Waals surface area (Å²) in [5, 5.41) is 40.8. The quantitative estimate of drug-likeness (QED) is 0.466. The highest BCUT2D eigenvalue weighted by Crippen LogP contribution is 2.67. The van der Waals surface area contributed by atoms with Crippen molar-refractivity contribution < 1.29 is 39.5 Å². The molecule has 4 aliphatic rings. The first-order valence-corrected chi connectivity index (χ1v) is 13.2. The molecule has 2 aliphatic carbocycles. The lowest BCUT2D eigenvalue weighted by molar-refractivity contribution is -0.210. The number of phenolic OH excluding ortho intramolecular Hbond substituents is 1. The minimum Gasteiger partial charge on any atom is -0.508 e. The van der Waals surface area contributed by atoms with Crippen LogP contribution in [0.2, 0.25) is 0 Å². The van der Waals surface area contributed by atoms with Crippen molar-refractivity contribution in [3.63, 3.8) is 0 Å². The average molecular weight is 516 g/mol. The molecule has 4 N–H and O–H groups in total. The van der Waals surface area contributed by atoms with Gasteiger partial charge in [0.25, 0.3) is 5.91 Å². The molecule has 1 aromatic rings. The van der Waals surface area contributed by atoms with Crippen LogP contribution in [-0.4, -0.2) is 60.9 Å². The molecule has 2 saturated carbocycles. The maximum Gasteiger partial charge on any atom is 0.326 e. The number of rotatable bonds is 5. The van der Waals surface area contributed by atoms with E-state index in [0.29, 0.717) is 29.7 Å². The van der Waals surface area contributed by atoms with E-state index in [9.17, 15) is 29.7 Å². The molecule has 2 aliphatic heterocycles. The van der Waals surface area contributed by atoms with Crippen LogP contribution in [0.5, 0.6) is 11.5 Å². The van der Waals surface area contributed by atoms with Gasteiger partial charge in [-0.15, -0.1) is 0 Å². The Bertz CT molecular complexity index is 1180. The van der Waals surface area contributed by atoms with Crippen molar-refractivity contribution in [1.82, 2.24) is 4.90 Å². The van der Waals surface area contributed by atoms with E-state index in [1.807, 2.05) is 0 Å². The molecule has 1 amide bonds. The zero-order chi connectivity index (χ0) is 27.1. The zero-order valence-electron chi connectivity index (χ0n) is 21.9. The first-order valence-electron chi connectivity index (χ1n) is 13.2. The van der Waals surface area contributed by atoms with E-state index in [0.717, 1.165) is 19.3 Å². The Morgan fingerprint density at radius 1 is 1.16 bits per heavy atom. The van der Waals surface area contributed by atoms with Gasteiger partial charge in [0.2, 0.25) is 0 Å². The summed E-state index contributed by atoms with van der Waals surface area (Å²) in [4.78, 5) is 37.6. The van der Waals surface area contributed by atoms with Crippen LogP contribution in [0.15, 0.2) is 6.07 Å². The van der Waals surface area contributed by atoms with Gasteiger partial charge < -0.3 is 30.1 Å². The third kappa shape index (κ3) is 3.49. The van der Waals surface area contributed by atoms with Crippen LogP contribution in [0.25, 0.3) is 0 Å². The number of phenols is 1. The number of hydrogen-bond acceptors (Lipinski definition) is 6. The normalized spacial score (nSPS) is 34.5. The SMILES string of the molecule is C[C@@H]1CC[C@@H]2C(C)(C)[C@H](O)CC[C@]2(C)[C@]12Cc1c(O)cc3c(c1O2)CN([C@H](CCC(=O)O)C(=O)O)C3=O. The number of carbonyl (C=O) groups excluding carboxylic acids is 1. The highest BCUT2D eigenvalue weighted by atomic mass is 16.5. The predicted molar refractivity (Wildman–Crippen MR) is 132 cm³/mol. The first kappa shape index (κ1) is 25.8. The van der Waals surface area contributed by atoms with Crippen LogP contribution in [0, 0.1) is 22.7 Å². The lowest BCUT2D eigenvalue weighted by atomic mass is 9.43. The molecule has 2 heterocycles. The molecule has 5 rings (SSSR count). The second-order valence-corrected chi connectivity index (χ2v) is 12.4. The number of aromatic hydroxyl groups is 1. The molecule has 9 nitrogen and oxygen atoms in total. The second-order valence-electron chi connectivity index (χ2n) is 12.4. The lowest BCUT2D eigenvalue weighted by Gasteiger charge is -2.64. The number of hydrogen-bond donors (Lipinski definition) is 4. The fraction of sp³-hybridized carbons (Fsp3) is 0.679. The van der Waals surface area contributed by atoms with Crippen molar-refractivity contribution >= 4 is 17.8 Å². The van der Waals surface area contributed by atoms with Crippen molar-refractivity contribution in [2.45, 2.75) is 96.9 Å². The number of aliphatic hydroxyl groups excluding tert-OH is 1. The minimum atomic E-state index is -1.29. The highest BCUT2D eigenvalue weighted by Gasteiger charge is 2.67. The molecule has 2 fully saturated rings. The summed E-state index contributed by atoms with van der Waals surface area (Å²) in [6.07, 6.45) is 2.83. The Morgan fingerprint density at radius 3 is 2.51 bits per heavy atom. The number of carboxylic acids is 2. The average Bonchev–Trinajstić information content (AvgIpc) is 3.36. The summed E-state index contributed by atoms with van der Waals surface area (Å²) in [6, 6.07) is 0.122. The number of carbonyl (C=O) groups is 3. The zero-order valence-corrected chi connectivity index (χ0v) is 21.9. The lowest BCUT2D eigenvalue weighted by Crippen LogP contribution is -2.66. The summed E-state index contributed by atoms with van der Waals surface area (Å²) in [5.74, 6) is -2.14. The van der Waals surface area contributed by atoms with Gasteiger partial charge in [0, 0.05) is 29.4 Å². The molecule has 1 aromatic carbocycles. The molecule has 9 heteroatoms. The summed E-state index contributed by atoms with van der Waals surface area (Å²) < 4.78 is 6.95. The number of amides is 1. The van der Waals surface area contributed by atoms with Crippen LogP contribution < -0.4 is 4.74 Å². The van der Waals surface area contributed by atoms with Gasteiger partial charge in [0.1, 0.15) is 23.1 Å². The standard InChI is InChI=1S/C28H37NO8/c1-14-5-7-20-26(2,3)21(31)9-10-27(20,4)28(14)12-16-19(30)11-15-17(23(16)37-28)13-29(24(15)34)18(25(35)36)6-8-22(32)33/h11,14,18,20-21,30-31H,5-10,12-13H2,1-4H3,(H,32,33)(H,35,36)/t14-,18-,20-,21-,27+,28+/m1/s1. The van der Waals surface area contributed by atoms with Gasteiger partial charge in [0.15, 0.2) is 0 Å². The van der Waals surface area contributed by atoms with Gasteiger partial charge in [-0.2, -0.15) is 0 Å². The molecule has 0 saturated heterocycles. The van der Waals surface area contributed by atoms with Gasteiger partial charge >= 0.3 is 11.9 Å². The van der Waals surface area contributed by atoms with E-state index >= 15 is 0 Å². The first-order chi connectivity index (χ1) is 17.2. The minimum absolute atomic E-state index is 0.0117. The topological polar surface area (TPSA) is 145 Å². The molecule has 37 heavy (non-hydrogen) atoms. The van der Waals surface area contributed by atoms with E-state index < -0.39 is 35.6 Å². The van der Waals surface area contributed by atoms with Gasteiger partial charge in [-0.05, 0) is 55.4 Å². The summed E-state index contributed by atoms with van der Waals surface area (Å²) in [7, 11) is 0. The number of carboxylic acid groups (broad SMARTS) is 2. The fourth-order valence-electron chi connectivity index (χ4n) is 8.22. The van der Waals surface area contributed by atoms with Gasteiger partial charge in [-0.25, -0.2) is 4.79 Å². The summed E-state index contributed by atoms with van der Waals surface area (Å²) >= 11 is 0. The largest absolute Gasteiger partial charge is 0.508 e. The van der Waals surface area contributed by atoms with Crippen LogP contribution in [0.3, 0.4) is 0 Å². The van der Waals surface area contributed by atoms with Crippen LogP contribution in [0.1, 0.15) is 87.7 Å². The third-order valence-electron chi connectivity index (χ3n) is 10.4. The van der Waals surface area contributed by atoms with Crippen molar-refractivity contribution in [3.8, 4) is 11.5 Å². The molecular weight excluding hydrogens is 478 g/mol. The highest BCUT2D eigenvalue weighted by molar-refractivity contribution is 6.02. The monoisotopic (exact) mass is 515 g/mol. The third-order valence-corrected chi connectivity index (χ3v) is 10.4. The van der Waals surface area contributed by atoms with E-state index in [1.54, 1.807) is 0 Å². The Balaban J connectivity index is 1.55. The fourth-order valence-corrected chi connectivity index (χ4v) is 8.22. The van der Waals surface area contributed by atoms with Gasteiger partial charge in [-0.1, -0.05) is 27.7 Å². The number of benzene rings is 1. The van der Waals surface area contributed by atoms with Crippen molar-refractivity contribution in [1.29, 1.82) is 0 Å². The van der Waals surface area contributed by atoms with Crippen molar-refractivity contribution in [2.24, 2.45) is 22.7 Å². The summed E-state index contributed by atoms with van der Waals surface area (Å²) in [5.41, 5.74) is 0.202. The van der Waals surface area contributed by atoms with Crippen molar-refractivity contribution in [2.75, 3.05) is 0 Å². The van der Waals surface area contributed by atoms with E-state index in [2.05, 4.69) is 27.7 Å². The van der Waals surface area contributed by atoms with E-state index in [-0.39, 0.29) is 53.4 Å². The Hall–Kier alpha value is -2.81. The molecule has 6 atom stereocenters.